The highest BCUT2D eigenvalue weighted by atomic mass is 16.6. The monoisotopic (exact) mass is 329 g/mol. The number of nitro benzene ring substituents is 1. The van der Waals surface area contributed by atoms with Crippen molar-refractivity contribution in [1.82, 2.24) is 20.0 Å². The quantitative estimate of drug-likeness (QED) is 0.682. The second kappa shape index (κ2) is 6.40. The first-order valence-corrected chi connectivity index (χ1v) is 7.82. The zero-order valence-electron chi connectivity index (χ0n) is 13.5. The minimum atomic E-state index is -0.450. The SMILES string of the molecule is CC1NCCN(C(=O)c2ccn(-c3ccc([N+](=O)[O-])cc3)n2)C1C. The van der Waals surface area contributed by atoms with Crippen LogP contribution in [-0.4, -0.2) is 50.7 Å². The summed E-state index contributed by atoms with van der Waals surface area (Å²) in [5, 5.41) is 18.4. The lowest BCUT2D eigenvalue weighted by Gasteiger charge is -2.38. The van der Waals surface area contributed by atoms with Gasteiger partial charge in [0.2, 0.25) is 0 Å². The minimum Gasteiger partial charge on any atom is -0.332 e. The van der Waals surface area contributed by atoms with Gasteiger partial charge in [0.1, 0.15) is 0 Å². The van der Waals surface area contributed by atoms with E-state index in [1.54, 1.807) is 29.1 Å². The molecule has 8 heteroatoms. The molecule has 0 spiro atoms. The predicted molar refractivity (Wildman–Crippen MR) is 88.2 cm³/mol. The number of benzene rings is 1. The van der Waals surface area contributed by atoms with Gasteiger partial charge in [-0.05, 0) is 32.0 Å². The molecule has 1 amide bonds. The summed E-state index contributed by atoms with van der Waals surface area (Å²) in [7, 11) is 0. The molecule has 1 aromatic heterocycles. The highest BCUT2D eigenvalue weighted by Crippen LogP contribution is 2.17. The maximum atomic E-state index is 12.7. The topological polar surface area (TPSA) is 93.3 Å². The van der Waals surface area contributed by atoms with Gasteiger partial charge in [-0.1, -0.05) is 0 Å². The average Bonchev–Trinajstić information content (AvgIpc) is 3.07. The molecule has 126 valence electrons. The molecule has 1 aliphatic heterocycles. The second-order valence-corrected chi connectivity index (χ2v) is 5.90. The van der Waals surface area contributed by atoms with Crippen LogP contribution in [-0.2, 0) is 0 Å². The van der Waals surface area contributed by atoms with E-state index in [4.69, 9.17) is 0 Å². The van der Waals surface area contributed by atoms with Gasteiger partial charge in [0, 0.05) is 43.5 Å². The normalized spacial score (nSPS) is 20.8. The fourth-order valence-corrected chi connectivity index (χ4v) is 2.80. The van der Waals surface area contributed by atoms with Crippen molar-refractivity contribution >= 4 is 11.6 Å². The van der Waals surface area contributed by atoms with Crippen molar-refractivity contribution in [3.05, 3.63) is 52.3 Å². The zero-order valence-corrected chi connectivity index (χ0v) is 13.5. The third kappa shape index (κ3) is 3.00. The number of nitro groups is 1. The number of hydrogen-bond acceptors (Lipinski definition) is 5. The largest absolute Gasteiger partial charge is 0.332 e. The summed E-state index contributed by atoms with van der Waals surface area (Å²) >= 11 is 0. The number of rotatable bonds is 3. The molecule has 2 heterocycles. The molecule has 2 aromatic rings. The number of carbonyl (C=O) groups excluding carboxylic acids is 1. The lowest BCUT2D eigenvalue weighted by Crippen LogP contribution is -2.57. The van der Waals surface area contributed by atoms with Crippen LogP contribution in [0, 0.1) is 10.1 Å². The van der Waals surface area contributed by atoms with Crippen LogP contribution in [0.5, 0.6) is 0 Å². The van der Waals surface area contributed by atoms with Gasteiger partial charge in [0.25, 0.3) is 11.6 Å². The Bertz CT molecular complexity index is 755. The highest BCUT2D eigenvalue weighted by Gasteiger charge is 2.29. The van der Waals surface area contributed by atoms with Crippen LogP contribution in [0.15, 0.2) is 36.5 Å². The minimum absolute atomic E-state index is 0.0193. The molecule has 8 nitrogen and oxygen atoms in total. The summed E-state index contributed by atoms with van der Waals surface area (Å²) in [5.41, 5.74) is 1.06. The number of nitrogens with zero attached hydrogens (tertiary/aromatic N) is 4. The fourth-order valence-electron chi connectivity index (χ4n) is 2.80. The van der Waals surface area contributed by atoms with Crippen molar-refractivity contribution in [2.24, 2.45) is 0 Å². The number of aromatic nitrogens is 2. The molecule has 1 saturated heterocycles. The van der Waals surface area contributed by atoms with Crippen LogP contribution in [0.2, 0.25) is 0 Å². The molecule has 0 saturated carbocycles. The van der Waals surface area contributed by atoms with Gasteiger partial charge in [-0.2, -0.15) is 5.10 Å². The standard InChI is InChI=1S/C16H19N5O3/c1-11-12(2)19(10-8-17-11)16(22)15-7-9-20(18-15)13-3-5-14(6-4-13)21(23)24/h3-7,9,11-12,17H,8,10H2,1-2H3. The van der Waals surface area contributed by atoms with E-state index >= 15 is 0 Å². The Morgan fingerprint density at radius 3 is 2.67 bits per heavy atom. The first kappa shape index (κ1) is 16.1. The van der Waals surface area contributed by atoms with Crippen LogP contribution in [0.25, 0.3) is 5.69 Å². The molecule has 1 fully saturated rings. The van der Waals surface area contributed by atoms with Crippen LogP contribution in [0.4, 0.5) is 5.69 Å². The van der Waals surface area contributed by atoms with E-state index in [0.29, 0.717) is 17.9 Å². The van der Waals surface area contributed by atoms with Crippen LogP contribution >= 0.6 is 0 Å². The van der Waals surface area contributed by atoms with Crippen molar-refractivity contribution in [3.63, 3.8) is 0 Å². The van der Waals surface area contributed by atoms with Crippen molar-refractivity contribution in [2.75, 3.05) is 13.1 Å². The van der Waals surface area contributed by atoms with Crippen molar-refractivity contribution in [1.29, 1.82) is 0 Å². The first-order valence-electron chi connectivity index (χ1n) is 7.82. The molecule has 0 radical (unpaired) electrons. The van der Waals surface area contributed by atoms with Crippen molar-refractivity contribution in [3.8, 4) is 5.69 Å². The Kier molecular flexibility index (Phi) is 4.30. The van der Waals surface area contributed by atoms with Gasteiger partial charge in [-0.15, -0.1) is 0 Å². The van der Waals surface area contributed by atoms with Crippen LogP contribution < -0.4 is 5.32 Å². The van der Waals surface area contributed by atoms with Crippen LogP contribution in [0.3, 0.4) is 0 Å². The molecular weight excluding hydrogens is 310 g/mol. The Morgan fingerprint density at radius 2 is 2.00 bits per heavy atom. The fraction of sp³-hybridized carbons (Fsp3) is 0.375. The Labute approximate surface area is 139 Å². The summed E-state index contributed by atoms with van der Waals surface area (Å²) in [4.78, 5) is 24.8. The number of carbonyl (C=O) groups is 1. The summed E-state index contributed by atoms with van der Waals surface area (Å²) < 4.78 is 1.55. The predicted octanol–water partition coefficient (Wildman–Crippen LogP) is 1.60. The molecule has 1 aliphatic rings. The van der Waals surface area contributed by atoms with Crippen molar-refractivity contribution in [2.45, 2.75) is 25.9 Å². The third-order valence-corrected chi connectivity index (χ3v) is 4.43. The summed E-state index contributed by atoms with van der Waals surface area (Å²) in [6.07, 6.45) is 1.69. The Balaban J connectivity index is 1.79. The molecule has 24 heavy (non-hydrogen) atoms. The maximum absolute atomic E-state index is 12.7. The van der Waals surface area contributed by atoms with Crippen LogP contribution in [0.1, 0.15) is 24.3 Å². The van der Waals surface area contributed by atoms with Gasteiger partial charge in [-0.3, -0.25) is 14.9 Å². The molecule has 2 unspecified atom stereocenters. The molecule has 3 rings (SSSR count). The van der Waals surface area contributed by atoms with E-state index in [0.717, 1.165) is 6.54 Å². The molecular formula is C16H19N5O3. The third-order valence-electron chi connectivity index (χ3n) is 4.43. The molecule has 2 atom stereocenters. The lowest BCUT2D eigenvalue weighted by atomic mass is 10.1. The maximum Gasteiger partial charge on any atom is 0.274 e. The van der Waals surface area contributed by atoms with Gasteiger partial charge in [0.15, 0.2) is 5.69 Å². The van der Waals surface area contributed by atoms with Gasteiger partial charge in [0.05, 0.1) is 10.6 Å². The highest BCUT2D eigenvalue weighted by molar-refractivity contribution is 5.92. The van der Waals surface area contributed by atoms with E-state index in [1.807, 2.05) is 11.8 Å². The Hall–Kier alpha value is -2.74. The lowest BCUT2D eigenvalue weighted by molar-refractivity contribution is -0.384. The smallest absolute Gasteiger partial charge is 0.274 e. The Morgan fingerprint density at radius 1 is 1.29 bits per heavy atom. The zero-order chi connectivity index (χ0) is 17.3. The van der Waals surface area contributed by atoms with E-state index in [9.17, 15) is 14.9 Å². The number of piperazine rings is 1. The van der Waals surface area contributed by atoms with Gasteiger partial charge >= 0.3 is 0 Å². The number of non-ortho nitro benzene ring substituents is 1. The summed E-state index contributed by atoms with van der Waals surface area (Å²) in [6.45, 7) is 5.48. The average molecular weight is 329 g/mol. The number of amides is 1. The van der Waals surface area contributed by atoms with E-state index in [-0.39, 0.29) is 23.7 Å². The van der Waals surface area contributed by atoms with E-state index < -0.39 is 4.92 Å². The first-order chi connectivity index (χ1) is 11.5. The molecule has 1 aromatic carbocycles. The second-order valence-electron chi connectivity index (χ2n) is 5.90. The molecule has 1 N–H and O–H groups in total. The number of hydrogen-bond donors (Lipinski definition) is 1. The molecule has 0 bridgehead atoms. The van der Waals surface area contributed by atoms with E-state index in [2.05, 4.69) is 17.3 Å². The summed E-state index contributed by atoms with van der Waals surface area (Å²) in [6, 6.07) is 8.04. The molecule has 0 aliphatic carbocycles. The van der Waals surface area contributed by atoms with Gasteiger partial charge < -0.3 is 10.2 Å². The number of nitrogens with one attached hydrogen (secondary N) is 1. The van der Waals surface area contributed by atoms with Gasteiger partial charge in [-0.25, -0.2) is 4.68 Å². The summed E-state index contributed by atoms with van der Waals surface area (Å²) in [5.74, 6) is -0.100. The van der Waals surface area contributed by atoms with E-state index in [1.165, 1.54) is 12.1 Å². The van der Waals surface area contributed by atoms with Crippen molar-refractivity contribution < 1.29 is 9.72 Å².